The van der Waals surface area contributed by atoms with Crippen molar-refractivity contribution in [3.63, 3.8) is 0 Å². The lowest BCUT2D eigenvalue weighted by Crippen LogP contribution is -2.47. The topological polar surface area (TPSA) is 155 Å². The standard InChI is InChI=1S/C13H17N5O6S/c14-5-8-1-4-11(15-6-8)16-12(19)10-3-2-9-7-17(10)13(20)18(9)24-25(21,22)23/h1,4,6,9-10H,2-3,5,7,14H2,(H,15,16,19)(H,21,22,23)/t9-,10+/m1/s1. The van der Waals surface area contributed by atoms with Gasteiger partial charge < -0.3 is 16.0 Å². The highest BCUT2D eigenvalue weighted by atomic mass is 32.3. The van der Waals surface area contributed by atoms with Crippen molar-refractivity contribution in [3.8, 4) is 0 Å². The number of nitrogens with two attached hydrogens (primary N) is 1. The molecule has 3 rings (SSSR count). The number of hydrogen-bond acceptors (Lipinski definition) is 7. The Morgan fingerprint density at radius 3 is 2.80 bits per heavy atom. The van der Waals surface area contributed by atoms with Gasteiger partial charge in [0.05, 0.1) is 6.04 Å². The van der Waals surface area contributed by atoms with Gasteiger partial charge in [-0.05, 0) is 24.5 Å². The number of carbonyl (C=O) groups excluding carboxylic acids is 2. The quantitative estimate of drug-likeness (QED) is 0.584. The van der Waals surface area contributed by atoms with Crippen molar-refractivity contribution in [1.82, 2.24) is 14.9 Å². The fraction of sp³-hybridized carbons (Fsp3) is 0.462. The van der Waals surface area contributed by atoms with Crippen molar-refractivity contribution in [2.75, 3.05) is 11.9 Å². The zero-order chi connectivity index (χ0) is 18.2. The van der Waals surface area contributed by atoms with E-state index in [1.807, 2.05) is 0 Å². The fourth-order valence-corrected chi connectivity index (χ4v) is 3.32. The molecule has 4 N–H and O–H groups in total. The number of urea groups is 1. The third-order valence-electron chi connectivity index (χ3n) is 4.11. The predicted molar refractivity (Wildman–Crippen MR) is 84.1 cm³/mol. The number of hydrogen-bond donors (Lipinski definition) is 3. The number of fused-ring (bicyclic) bond motifs is 2. The lowest BCUT2D eigenvalue weighted by atomic mass is 10.0. The number of piperidine rings is 1. The number of nitrogens with one attached hydrogen (secondary N) is 1. The van der Waals surface area contributed by atoms with E-state index in [1.165, 1.54) is 11.1 Å². The molecule has 11 nitrogen and oxygen atoms in total. The van der Waals surface area contributed by atoms with Crippen LogP contribution in [0.1, 0.15) is 18.4 Å². The van der Waals surface area contributed by atoms with Gasteiger partial charge in [-0.25, -0.2) is 9.78 Å². The third kappa shape index (κ3) is 3.71. The number of amides is 3. The summed E-state index contributed by atoms with van der Waals surface area (Å²) in [5.74, 6) is -0.115. The SMILES string of the molecule is NCc1ccc(NC(=O)[C@@H]2CC[C@@H]3CN2C(=O)N3OS(=O)(=O)O)nc1. The molecule has 0 aromatic carbocycles. The zero-order valence-corrected chi connectivity index (χ0v) is 13.8. The van der Waals surface area contributed by atoms with Crippen molar-refractivity contribution >= 4 is 28.2 Å². The van der Waals surface area contributed by atoms with Gasteiger partial charge in [0, 0.05) is 19.3 Å². The van der Waals surface area contributed by atoms with Gasteiger partial charge >= 0.3 is 16.4 Å². The maximum absolute atomic E-state index is 12.5. The number of carbonyl (C=O) groups is 2. The van der Waals surface area contributed by atoms with Crippen molar-refractivity contribution in [3.05, 3.63) is 23.9 Å². The number of nitrogens with zero attached hydrogens (tertiary/aromatic N) is 3. The average molecular weight is 371 g/mol. The van der Waals surface area contributed by atoms with Crippen LogP contribution < -0.4 is 11.1 Å². The Balaban J connectivity index is 1.69. The molecule has 0 spiro atoms. The Kier molecular flexibility index (Phi) is 4.60. The normalized spacial score (nSPS) is 23.0. The first-order valence-electron chi connectivity index (χ1n) is 7.51. The molecule has 0 unspecified atom stereocenters. The largest absolute Gasteiger partial charge is 0.418 e. The number of hydroxylamine groups is 2. The van der Waals surface area contributed by atoms with Crippen molar-refractivity contribution in [2.45, 2.75) is 31.5 Å². The summed E-state index contributed by atoms with van der Waals surface area (Å²) >= 11 is 0. The summed E-state index contributed by atoms with van der Waals surface area (Å²) in [6.07, 6.45) is 2.22. The van der Waals surface area contributed by atoms with Crippen LogP contribution in [0.3, 0.4) is 0 Å². The fourth-order valence-electron chi connectivity index (χ4n) is 2.93. The van der Waals surface area contributed by atoms with E-state index in [2.05, 4.69) is 14.6 Å². The summed E-state index contributed by atoms with van der Waals surface area (Å²) in [4.78, 5) is 30.0. The van der Waals surface area contributed by atoms with Gasteiger partial charge in [0.1, 0.15) is 11.9 Å². The van der Waals surface area contributed by atoms with Gasteiger partial charge in [-0.3, -0.25) is 9.35 Å². The van der Waals surface area contributed by atoms with Crippen LogP contribution in [-0.4, -0.2) is 58.5 Å². The minimum atomic E-state index is -4.81. The maximum Gasteiger partial charge on any atom is 0.418 e. The monoisotopic (exact) mass is 371 g/mol. The van der Waals surface area contributed by atoms with E-state index in [9.17, 15) is 18.0 Å². The maximum atomic E-state index is 12.5. The van der Waals surface area contributed by atoms with E-state index >= 15 is 0 Å². The minimum Gasteiger partial charge on any atom is -0.326 e. The van der Waals surface area contributed by atoms with E-state index in [4.69, 9.17) is 10.3 Å². The van der Waals surface area contributed by atoms with Gasteiger partial charge in [0.15, 0.2) is 0 Å². The Bertz CT molecular complexity index is 783. The van der Waals surface area contributed by atoms with E-state index < -0.39 is 34.4 Å². The highest BCUT2D eigenvalue weighted by Gasteiger charge is 2.49. The number of anilines is 1. The lowest BCUT2D eigenvalue weighted by Gasteiger charge is -2.29. The van der Waals surface area contributed by atoms with Gasteiger partial charge in [-0.2, -0.15) is 13.5 Å². The lowest BCUT2D eigenvalue weighted by molar-refractivity contribution is -0.120. The molecule has 136 valence electrons. The van der Waals surface area contributed by atoms with Gasteiger partial charge in [-0.15, -0.1) is 4.28 Å². The molecule has 3 heterocycles. The number of rotatable bonds is 5. The van der Waals surface area contributed by atoms with Crippen LogP contribution in [0.25, 0.3) is 0 Å². The summed E-state index contributed by atoms with van der Waals surface area (Å²) in [7, 11) is -4.81. The third-order valence-corrected chi connectivity index (χ3v) is 4.46. The number of pyridine rings is 1. The summed E-state index contributed by atoms with van der Waals surface area (Å²) in [6.45, 7) is 0.461. The molecule has 0 aliphatic carbocycles. The van der Waals surface area contributed by atoms with Gasteiger partial charge in [0.25, 0.3) is 0 Å². The first kappa shape index (κ1) is 17.5. The Labute approximate surface area is 143 Å². The Morgan fingerprint density at radius 2 is 2.20 bits per heavy atom. The molecular weight excluding hydrogens is 354 g/mol. The molecule has 1 aromatic heterocycles. The van der Waals surface area contributed by atoms with Crippen molar-refractivity contribution in [1.29, 1.82) is 0 Å². The second-order valence-electron chi connectivity index (χ2n) is 5.76. The van der Waals surface area contributed by atoms with Crippen LogP contribution in [0.5, 0.6) is 0 Å². The van der Waals surface area contributed by atoms with Crippen molar-refractivity contribution in [2.24, 2.45) is 5.73 Å². The predicted octanol–water partition coefficient (Wildman–Crippen LogP) is -0.518. The molecular formula is C13H17N5O6S. The summed E-state index contributed by atoms with van der Waals surface area (Å²) in [6, 6.07) is 1.22. The minimum absolute atomic E-state index is 0.131. The molecule has 2 aliphatic heterocycles. The smallest absolute Gasteiger partial charge is 0.326 e. The van der Waals surface area contributed by atoms with Crippen LogP contribution >= 0.6 is 0 Å². The Morgan fingerprint density at radius 1 is 1.44 bits per heavy atom. The molecule has 2 atom stereocenters. The van der Waals surface area contributed by atoms with Crippen LogP contribution in [0.4, 0.5) is 10.6 Å². The van der Waals surface area contributed by atoms with E-state index in [0.717, 1.165) is 5.56 Å². The second kappa shape index (κ2) is 6.55. The molecule has 25 heavy (non-hydrogen) atoms. The first-order valence-corrected chi connectivity index (χ1v) is 8.87. The summed E-state index contributed by atoms with van der Waals surface area (Å²) in [5, 5.41) is 3.21. The highest BCUT2D eigenvalue weighted by molar-refractivity contribution is 7.80. The molecule has 2 aliphatic rings. The molecule has 2 bridgehead atoms. The zero-order valence-electron chi connectivity index (χ0n) is 13.0. The van der Waals surface area contributed by atoms with Crippen LogP contribution in [0.2, 0.25) is 0 Å². The molecule has 0 saturated carbocycles. The molecule has 1 aromatic rings. The Hall–Kier alpha value is -2.28. The van der Waals surface area contributed by atoms with Crippen LogP contribution in [-0.2, 0) is 26.0 Å². The van der Waals surface area contributed by atoms with E-state index in [0.29, 0.717) is 30.3 Å². The highest BCUT2D eigenvalue weighted by Crippen LogP contribution is 2.31. The molecule has 2 saturated heterocycles. The summed E-state index contributed by atoms with van der Waals surface area (Å²) < 4.78 is 34.8. The van der Waals surface area contributed by atoms with Crippen molar-refractivity contribution < 1.29 is 26.8 Å². The molecule has 0 radical (unpaired) electrons. The van der Waals surface area contributed by atoms with E-state index in [1.54, 1.807) is 12.1 Å². The van der Waals surface area contributed by atoms with Crippen LogP contribution in [0.15, 0.2) is 18.3 Å². The van der Waals surface area contributed by atoms with Crippen LogP contribution in [0, 0.1) is 0 Å². The van der Waals surface area contributed by atoms with Gasteiger partial charge in [0.2, 0.25) is 5.91 Å². The van der Waals surface area contributed by atoms with Gasteiger partial charge in [-0.1, -0.05) is 6.07 Å². The first-order chi connectivity index (χ1) is 11.8. The average Bonchev–Trinajstić information content (AvgIpc) is 2.79. The number of aromatic nitrogens is 1. The molecule has 2 fully saturated rings. The second-order valence-corrected chi connectivity index (χ2v) is 6.76. The molecule has 12 heteroatoms. The summed E-state index contributed by atoms with van der Waals surface area (Å²) in [5.41, 5.74) is 6.29. The van der Waals surface area contributed by atoms with E-state index in [-0.39, 0.29) is 6.54 Å². The molecule has 3 amide bonds.